The number of rotatable bonds is 4. The van der Waals surface area contributed by atoms with Crippen LogP contribution in [0.5, 0.6) is 34.5 Å². The first-order valence-electron chi connectivity index (χ1n) is 8.36. The molecule has 1 aliphatic rings. The molecule has 1 aliphatic heterocycles. The van der Waals surface area contributed by atoms with Crippen LogP contribution >= 0.6 is 0 Å². The van der Waals surface area contributed by atoms with E-state index in [2.05, 4.69) is 0 Å². The van der Waals surface area contributed by atoms with E-state index in [0.29, 0.717) is 45.3 Å². The zero-order valence-electron chi connectivity index (χ0n) is 15.7. The average Bonchev–Trinajstić information content (AvgIpc) is 2.71. The number of hydrogen-bond donors (Lipinski definition) is 1. The molecule has 8 heteroatoms. The Balaban J connectivity index is 2.12. The largest absolute Gasteiger partial charge is 0.504 e. The monoisotopic (exact) mass is 386 g/mol. The molecule has 2 heterocycles. The lowest BCUT2D eigenvalue weighted by molar-refractivity contribution is 0.297. The van der Waals surface area contributed by atoms with E-state index in [-0.39, 0.29) is 23.5 Å². The number of ether oxygens (including phenoxy) is 5. The molecule has 146 valence electrons. The molecular weight excluding hydrogens is 368 g/mol. The van der Waals surface area contributed by atoms with Gasteiger partial charge in [-0.15, -0.1) is 0 Å². The maximum absolute atomic E-state index is 12.8. The van der Waals surface area contributed by atoms with Gasteiger partial charge >= 0.3 is 5.63 Å². The predicted octanol–water partition coefficient (Wildman–Crippen LogP) is 3.09. The van der Waals surface area contributed by atoms with E-state index in [1.54, 1.807) is 12.1 Å². The van der Waals surface area contributed by atoms with E-state index in [0.717, 1.165) is 0 Å². The van der Waals surface area contributed by atoms with Crippen LogP contribution in [0.2, 0.25) is 0 Å². The normalized spacial score (nSPS) is 12.0. The Labute approximate surface area is 159 Å². The van der Waals surface area contributed by atoms with Gasteiger partial charge in [0.15, 0.2) is 23.0 Å². The van der Waals surface area contributed by atoms with Crippen molar-refractivity contribution < 1.29 is 33.2 Å². The van der Waals surface area contributed by atoms with Crippen LogP contribution in [0.3, 0.4) is 0 Å². The van der Waals surface area contributed by atoms with Crippen LogP contribution in [-0.4, -0.2) is 33.5 Å². The fraction of sp³-hybridized carbons (Fsp3) is 0.250. The predicted molar refractivity (Wildman–Crippen MR) is 100 cm³/mol. The second-order valence-corrected chi connectivity index (χ2v) is 6.08. The smallest absolute Gasteiger partial charge is 0.348 e. The van der Waals surface area contributed by atoms with Gasteiger partial charge in [0, 0.05) is 17.2 Å². The van der Waals surface area contributed by atoms with Crippen molar-refractivity contribution in [2.24, 2.45) is 0 Å². The Morgan fingerprint density at radius 2 is 1.64 bits per heavy atom. The van der Waals surface area contributed by atoms with Crippen LogP contribution in [-0.2, 0) is 6.61 Å². The van der Waals surface area contributed by atoms with Crippen LogP contribution in [0.25, 0.3) is 22.1 Å². The minimum Gasteiger partial charge on any atom is -0.504 e. The molecule has 0 atom stereocenters. The summed E-state index contributed by atoms with van der Waals surface area (Å²) in [7, 11) is 5.88. The van der Waals surface area contributed by atoms with Crippen molar-refractivity contribution in [3.63, 3.8) is 0 Å². The third-order valence-corrected chi connectivity index (χ3v) is 4.70. The van der Waals surface area contributed by atoms with Gasteiger partial charge in [0.05, 0.1) is 28.4 Å². The Bertz CT molecular complexity index is 1150. The maximum atomic E-state index is 12.8. The van der Waals surface area contributed by atoms with Crippen LogP contribution in [0, 0.1) is 0 Å². The summed E-state index contributed by atoms with van der Waals surface area (Å²) in [5.41, 5.74) is 1.01. The first-order valence-corrected chi connectivity index (χ1v) is 8.36. The van der Waals surface area contributed by atoms with Gasteiger partial charge in [0.2, 0.25) is 5.75 Å². The van der Waals surface area contributed by atoms with E-state index >= 15 is 0 Å². The third kappa shape index (κ3) is 2.41. The summed E-state index contributed by atoms with van der Waals surface area (Å²) in [6, 6.07) is 4.64. The Morgan fingerprint density at radius 3 is 2.29 bits per heavy atom. The molecule has 0 amide bonds. The summed E-state index contributed by atoms with van der Waals surface area (Å²) in [6.07, 6.45) is 0. The van der Waals surface area contributed by atoms with E-state index in [1.165, 1.54) is 34.5 Å². The summed E-state index contributed by atoms with van der Waals surface area (Å²) in [4.78, 5) is 12.8. The Kier molecular flexibility index (Phi) is 4.18. The van der Waals surface area contributed by atoms with Gasteiger partial charge in [-0.25, -0.2) is 4.79 Å². The summed E-state index contributed by atoms with van der Waals surface area (Å²) in [5, 5.41) is 10.6. The summed E-state index contributed by atoms with van der Waals surface area (Å²) >= 11 is 0. The lowest BCUT2D eigenvalue weighted by atomic mass is 9.96. The quantitative estimate of drug-likeness (QED) is 0.684. The number of hydrogen-bond acceptors (Lipinski definition) is 8. The van der Waals surface area contributed by atoms with Gasteiger partial charge in [-0.2, -0.15) is 0 Å². The molecule has 0 bridgehead atoms. The molecule has 4 rings (SSSR count). The highest BCUT2D eigenvalue weighted by atomic mass is 16.5. The van der Waals surface area contributed by atoms with Crippen molar-refractivity contribution in [1.29, 1.82) is 0 Å². The summed E-state index contributed by atoms with van der Waals surface area (Å²) < 4.78 is 32.9. The number of aromatic hydroxyl groups is 1. The lowest BCUT2D eigenvalue weighted by Crippen LogP contribution is -2.14. The van der Waals surface area contributed by atoms with E-state index < -0.39 is 5.63 Å². The molecule has 1 aromatic heterocycles. The number of phenolic OH excluding ortho intramolecular Hbond substituents is 1. The lowest BCUT2D eigenvalue weighted by Gasteiger charge is -2.23. The van der Waals surface area contributed by atoms with Gasteiger partial charge in [0.1, 0.15) is 28.9 Å². The molecule has 0 radical (unpaired) electrons. The van der Waals surface area contributed by atoms with Gasteiger partial charge in [0.25, 0.3) is 0 Å². The Hall–Kier alpha value is -3.55. The first-order chi connectivity index (χ1) is 13.5. The highest BCUT2D eigenvalue weighted by Gasteiger charge is 2.30. The van der Waals surface area contributed by atoms with Crippen molar-refractivity contribution in [3.8, 4) is 45.6 Å². The van der Waals surface area contributed by atoms with Crippen LogP contribution in [0.1, 0.15) is 5.56 Å². The highest BCUT2D eigenvalue weighted by Crippen LogP contribution is 2.51. The molecule has 2 aromatic carbocycles. The maximum Gasteiger partial charge on any atom is 0.348 e. The van der Waals surface area contributed by atoms with E-state index in [1.807, 2.05) is 0 Å². The second-order valence-electron chi connectivity index (χ2n) is 6.08. The van der Waals surface area contributed by atoms with Crippen molar-refractivity contribution in [2.45, 2.75) is 6.61 Å². The van der Waals surface area contributed by atoms with Gasteiger partial charge in [-0.1, -0.05) is 0 Å². The van der Waals surface area contributed by atoms with Crippen molar-refractivity contribution in [2.75, 3.05) is 28.4 Å². The molecule has 0 aliphatic carbocycles. The van der Waals surface area contributed by atoms with Crippen LogP contribution in [0.4, 0.5) is 0 Å². The molecule has 0 unspecified atom stereocenters. The standard InChI is InChI=1S/C20H18O8/c1-23-12-5-9-8-27-18-15(10(9)6-11(12)21)20(22)28-13-7-14(24-2)17(25-3)19(26-4)16(13)18/h5-7,21H,8H2,1-4H3. The molecule has 0 fully saturated rings. The Morgan fingerprint density at radius 1 is 0.929 bits per heavy atom. The van der Waals surface area contributed by atoms with Crippen molar-refractivity contribution in [1.82, 2.24) is 0 Å². The molecule has 0 saturated heterocycles. The molecular formula is C20H18O8. The second kappa shape index (κ2) is 6.56. The van der Waals surface area contributed by atoms with Gasteiger partial charge in [-0.3, -0.25) is 0 Å². The summed E-state index contributed by atoms with van der Waals surface area (Å²) in [6.45, 7) is 0.176. The molecule has 0 spiro atoms. The highest BCUT2D eigenvalue weighted by molar-refractivity contribution is 5.99. The van der Waals surface area contributed by atoms with Crippen LogP contribution in [0.15, 0.2) is 27.4 Å². The molecule has 28 heavy (non-hydrogen) atoms. The fourth-order valence-corrected chi connectivity index (χ4v) is 3.45. The zero-order valence-corrected chi connectivity index (χ0v) is 15.7. The minimum atomic E-state index is -0.609. The van der Waals surface area contributed by atoms with Gasteiger partial charge < -0.3 is 33.2 Å². The number of fused-ring (bicyclic) bond motifs is 5. The number of phenols is 1. The molecule has 0 saturated carbocycles. The molecule has 3 aromatic rings. The SMILES string of the molecule is COc1cc2c(cc1O)-c1c(c3c(OC)c(OC)c(OC)cc3oc1=O)OC2. The number of benzene rings is 2. The average molecular weight is 386 g/mol. The minimum absolute atomic E-state index is 0.0899. The molecule has 8 nitrogen and oxygen atoms in total. The molecule has 1 N–H and O–H groups in total. The van der Waals surface area contributed by atoms with Gasteiger partial charge in [-0.05, 0) is 12.1 Å². The third-order valence-electron chi connectivity index (χ3n) is 4.70. The fourth-order valence-electron chi connectivity index (χ4n) is 3.45. The van der Waals surface area contributed by atoms with Crippen molar-refractivity contribution >= 4 is 11.0 Å². The first kappa shape index (κ1) is 17.8. The van der Waals surface area contributed by atoms with E-state index in [9.17, 15) is 9.90 Å². The van der Waals surface area contributed by atoms with Crippen LogP contribution < -0.4 is 29.3 Å². The summed E-state index contributed by atoms with van der Waals surface area (Å²) in [5.74, 6) is 1.51. The van der Waals surface area contributed by atoms with E-state index in [4.69, 9.17) is 28.1 Å². The zero-order chi connectivity index (χ0) is 20.0. The number of methoxy groups -OCH3 is 4. The van der Waals surface area contributed by atoms with Crippen molar-refractivity contribution in [3.05, 3.63) is 34.2 Å². The topological polar surface area (TPSA) is 96.6 Å².